The first-order valence-electron chi connectivity index (χ1n) is 4.59. The Kier molecular flexibility index (Phi) is 2.27. The molecule has 0 saturated carbocycles. The van der Waals surface area contributed by atoms with Crippen LogP contribution in [0, 0.1) is 0 Å². The Bertz CT molecular complexity index is 434. The van der Waals surface area contributed by atoms with Gasteiger partial charge in [0.2, 0.25) is 0 Å². The van der Waals surface area contributed by atoms with E-state index in [0.29, 0.717) is 11.7 Å². The fourth-order valence-corrected chi connectivity index (χ4v) is 1.95. The number of fused-ring (bicyclic) bond motifs is 1. The predicted octanol–water partition coefficient (Wildman–Crippen LogP) is 3.76. The highest BCUT2D eigenvalue weighted by atomic mass is 79.9. The maximum absolute atomic E-state index is 9.65. The van der Waals surface area contributed by atoms with Gasteiger partial charge in [-0.3, -0.25) is 0 Å². The van der Waals surface area contributed by atoms with E-state index in [-0.39, 0.29) is 0 Å². The van der Waals surface area contributed by atoms with Crippen LogP contribution in [0.5, 0.6) is 5.75 Å². The van der Waals surface area contributed by atoms with Crippen LogP contribution < -0.4 is 0 Å². The molecule has 2 N–H and O–H groups in total. The monoisotopic (exact) mass is 253 g/mol. The third-order valence-corrected chi connectivity index (χ3v) is 3.02. The van der Waals surface area contributed by atoms with Gasteiger partial charge in [0.25, 0.3) is 0 Å². The molecule has 2 nitrogen and oxygen atoms in total. The highest BCUT2D eigenvalue weighted by Gasteiger charge is 2.09. The molecule has 0 aliphatic carbocycles. The lowest BCUT2D eigenvalue weighted by Crippen LogP contribution is -1.84. The summed E-state index contributed by atoms with van der Waals surface area (Å²) in [6, 6.07) is 5.54. The number of rotatable bonds is 1. The van der Waals surface area contributed by atoms with E-state index < -0.39 is 0 Å². The minimum Gasteiger partial charge on any atom is -0.507 e. The van der Waals surface area contributed by atoms with Crippen molar-refractivity contribution in [3.05, 3.63) is 28.4 Å². The molecule has 0 atom stereocenters. The van der Waals surface area contributed by atoms with Crippen LogP contribution in [0.2, 0.25) is 0 Å². The zero-order valence-electron chi connectivity index (χ0n) is 8.13. The number of aromatic amines is 1. The highest BCUT2D eigenvalue weighted by molar-refractivity contribution is 9.10. The summed E-state index contributed by atoms with van der Waals surface area (Å²) in [6.45, 7) is 4.24. The zero-order valence-corrected chi connectivity index (χ0v) is 9.72. The quantitative estimate of drug-likeness (QED) is 0.798. The van der Waals surface area contributed by atoms with Crippen molar-refractivity contribution in [1.82, 2.24) is 4.98 Å². The lowest BCUT2D eigenvalue weighted by Gasteiger charge is -1.98. The van der Waals surface area contributed by atoms with Crippen LogP contribution in [0.4, 0.5) is 0 Å². The SMILES string of the molecule is CC(C)c1cc2c(O)ccc(Br)c2[nH]1. The molecule has 0 saturated heterocycles. The van der Waals surface area contributed by atoms with E-state index in [1.165, 1.54) is 0 Å². The number of phenolic OH excluding ortho intramolecular Hbond substituents is 1. The van der Waals surface area contributed by atoms with Crippen molar-refractivity contribution in [3.63, 3.8) is 0 Å². The molecule has 0 amide bonds. The molecule has 0 fully saturated rings. The van der Waals surface area contributed by atoms with Gasteiger partial charge in [-0.1, -0.05) is 13.8 Å². The summed E-state index contributed by atoms with van der Waals surface area (Å²) < 4.78 is 0.984. The average molecular weight is 254 g/mol. The van der Waals surface area contributed by atoms with Gasteiger partial charge in [-0.05, 0) is 40.0 Å². The van der Waals surface area contributed by atoms with Crippen molar-refractivity contribution < 1.29 is 5.11 Å². The maximum atomic E-state index is 9.65. The molecule has 2 aromatic rings. The Morgan fingerprint density at radius 3 is 2.64 bits per heavy atom. The molecule has 0 spiro atoms. The molecular formula is C11H12BrNO. The summed E-state index contributed by atoms with van der Waals surface area (Å²) >= 11 is 3.45. The maximum Gasteiger partial charge on any atom is 0.125 e. The van der Waals surface area contributed by atoms with Gasteiger partial charge in [0.15, 0.2) is 0 Å². The van der Waals surface area contributed by atoms with Gasteiger partial charge >= 0.3 is 0 Å². The predicted molar refractivity (Wildman–Crippen MR) is 61.8 cm³/mol. The summed E-state index contributed by atoms with van der Waals surface area (Å²) in [7, 11) is 0. The lowest BCUT2D eigenvalue weighted by molar-refractivity contribution is 0.481. The van der Waals surface area contributed by atoms with Crippen LogP contribution in [-0.4, -0.2) is 10.1 Å². The summed E-state index contributed by atoms with van der Waals surface area (Å²) in [6.07, 6.45) is 0. The van der Waals surface area contributed by atoms with E-state index >= 15 is 0 Å². The van der Waals surface area contributed by atoms with Crippen molar-refractivity contribution in [1.29, 1.82) is 0 Å². The normalized spacial score (nSPS) is 11.4. The second-order valence-corrected chi connectivity index (χ2v) is 4.59. The number of halogens is 1. The molecule has 1 aromatic heterocycles. The number of hydrogen-bond acceptors (Lipinski definition) is 1. The number of phenols is 1. The molecule has 0 aliphatic rings. The first-order chi connectivity index (χ1) is 6.59. The Balaban J connectivity index is 2.75. The van der Waals surface area contributed by atoms with E-state index in [1.54, 1.807) is 6.07 Å². The number of aromatic hydroxyl groups is 1. The third kappa shape index (κ3) is 1.42. The Morgan fingerprint density at radius 2 is 2.07 bits per heavy atom. The smallest absolute Gasteiger partial charge is 0.125 e. The molecule has 0 radical (unpaired) electrons. The molecule has 14 heavy (non-hydrogen) atoms. The van der Waals surface area contributed by atoms with Crippen molar-refractivity contribution >= 4 is 26.8 Å². The van der Waals surface area contributed by atoms with Crippen LogP contribution in [0.1, 0.15) is 25.5 Å². The number of nitrogens with one attached hydrogen (secondary N) is 1. The zero-order chi connectivity index (χ0) is 10.3. The fraction of sp³-hybridized carbons (Fsp3) is 0.273. The van der Waals surface area contributed by atoms with Gasteiger partial charge in [0.05, 0.1) is 5.52 Å². The van der Waals surface area contributed by atoms with Crippen molar-refractivity contribution in [2.24, 2.45) is 0 Å². The highest BCUT2D eigenvalue weighted by Crippen LogP contribution is 2.32. The summed E-state index contributed by atoms with van der Waals surface area (Å²) in [5.41, 5.74) is 2.11. The van der Waals surface area contributed by atoms with E-state index in [0.717, 1.165) is 21.1 Å². The van der Waals surface area contributed by atoms with Gasteiger partial charge in [-0.25, -0.2) is 0 Å². The fourth-order valence-electron chi connectivity index (χ4n) is 1.50. The van der Waals surface area contributed by atoms with Gasteiger partial charge in [0.1, 0.15) is 5.75 Å². The largest absolute Gasteiger partial charge is 0.507 e. The molecule has 0 unspecified atom stereocenters. The van der Waals surface area contributed by atoms with Crippen LogP contribution in [-0.2, 0) is 0 Å². The van der Waals surface area contributed by atoms with Crippen LogP contribution in [0.15, 0.2) is 22.7 Å². The molecule has 2 rings (SSSR count). The Labute approximate surface area is 91.1 Å². The molecule has 3 heteroatoms. The van der Waals surface area contributed by atoms with Gasteiger partial charge in [-0.2, -0.15) is 0 Å². The second kappa shape index (κ2) is 3.31. The minimum atomic E-state index is 0.325. The van der Waals surface area contributed by atoms with Gasteiger partial charge in [-0.15, -0.1) is 0 Å². The number of hydrogen-bond donors (Lipinski definition) is 2. The number of benzene rings is 1. The Hall–Kier alpha value is -0.960. The van der Waals surface area contributed by atoms with E-state index in [4.69, 9.17) is 0 Å². The van der Waals surface area contributed by atoms with Gasteiger partial charge < -0.3 is 10.1 Å². The van der Waals surface area contributed by atoms with Crippen molar-refractivity contribution in [2.45, 2.75) is 19.8 Å². The number of aromatic nitrogens is 1. The van der Waals surface area contributed by atoms with E-state index in [2.05, 4.69) is 34.8 Å². The second-order valence-electron chi connectivity index (χ2n) is 3.73. The van der Waals surface area contributed by atoms with E-state index in [1.807, 2.05) is 12.1 Å². The summed E-state index contributed by atoms with van der Waals surface area (Å²) in [5, 5.41) is 10.5. The first-order valence-corrected chi connectivity index (χ1v) is 5.39. The topological polar surface area (TPSA) is 36.0 Å². The summed E-state index contributed by atoms with van der Waals surface area (Å²) in [5.74, 6) is 0.764. The van der Waals surface area contributed by atoms with Crippen LogP contribution in [0.3, 0.4) is 0 Å². The van der Waals surface area contributed by atoms with Crippen LogP contribution >= 0.6 is 15.9 Å². The molecule has 1 aromatic carbocycles. The summed E-state index contributed by atoms with van der Waals surface area (Å²) in [4.78, 5) is 3.30. The minimum absolute atomic E-state index is 0.325. The van der Waals surface area contributed by atoms with Crippen molar-refractivity contribution in [3.8, 4) is 5.75 Å². The van der Waals surface area contributed by atoms with E-state index in [9.17, 15) is 5.11 Å². The lowest BCUT2D eigenvalue weighted by atomic mass is 10.1. The first kappa shape index (κ1) is 9.59. The molecule has 74 valence electrons. The Morgan fingerprint density at radius 1 is 1.36 bits per heavy atom. The van der Waals surface area contributed by atoms with Crippen molar-refractivity contribution in [2.75, 3.05) is 0 Å². The van der Waals surface area contributed by atoms with Crippen LogP contribution in [0.25, 0.3) is 10.9 Å². The molecule has 1 heterocycles. The van der Waals surface area contributed by atoms with Gasteiger partial charge in [0, 0.05) is 15.6 Å². The average Bonchev–Trinajstić information content (AvgIpc) is 2.57. The molecule has 0 aliphatic heterocycles. The standard InChI is InChI=1S/C11H12BrNO/c1-6(2)9-5-7-10(14)4-3-8(12)11(7)13-9/h3-6,13-14H,1-2H3. The third-order valence-electron chi connectivity index (χ3n) is 2.36. The number of H-pyrrole nitrogens is 1. The molecule has 0 bridgehead atoms. The molecular weight excluding hydrogens is 242 g/mol.